The maximum atomic E-state index is 12.8. The van der Waals surface area contributed by atoms with Gasteiger partial charge in [-0.3, -0.25) is 14.6 Å². The van der Waals surface area contributed by atoms with Crippen LogP contribution in [0.2, 0.25) is 0 Å². The lowest BCUT2D eigenvalue weighted by atomic mass is 10.1. The van der Waals surface area contributed by atoms with Gasteiger partial charge < -0.3 is 25.8 Å². The number of amides is 2. The quantitative estimate of drug-likeness (QED) is 0.681. The number of nitrogen functional groups attached to an aromatic ring is 1. The van der Waals surface area contributed by atoms with Crippen molar-refractivity contribution in [3.05, 3.63) is 34.3 Å². The number of hydrogen-bond donors (Lipinski definition) is 2. The van der Waals surface area contributed by atoms with Gasteiger partial charge in [-0.25, -0.2) is 0 Å². The fourth-order valence-corrected chi connectivity index (χ4v) is 4.54. The molecule has 2 amide bonds. The smallest absolute Gasteiger partial charge is 0.260 e. The minimum Gasteiger partial charge on any atom is -0.397 e. The van der Waals surface area contributed by atoms with Gasteiger partial charge in [0, 0.05) is 37.8 Å². The van der Waals surface area contributed by atoms with E-state index in [1.807, 2.05) is 0 Å². The van der Waals surface area contributed by atoms with Gasteiger partial charge >= 0.3 is 0 Å². The summed E-state index contributed by atoms with van der Waals surface area (Å²) in [6, 6.07) is 0. The van der Waals surface area contributed by atoms with Crippen molar-refractivity contribution in [2.24, 2.45) is 5.73 Å². The lowest BCUT2D eigenvalue weighted by Crippen LogP contribution is -2.49. The van der Waals surface area contributed by atoms with Crippen molar-refractivity contribution in [2.45, 2.75) is 13.8 Å². The standard InChI is InChI=1S/C18H20N6O3S/c1-9-13(10(2)27-22-9)18(26)24-5-3-23(4-6-24)11-7-21-8-12-14(11)15(19)16(28-12)17(20)25/h7-8H,3-6,19H2,1-2H3,(H2,20,25). The van der Waals surface area contributed by atoms with Crippen molar-refractivity contribution < 1.29 is 14.1 Å². The molecular weight excluding hydrogens is 380 g/mol. The third-order valence-corrected chi connectivity index (χ3v) is 6.15. The van der Waals surface area contributed by atoms with Gasteiger partial charge in [0.1, 0.15) is 16.2 Å². The van der Waals surface area contributed by atoms with Gasteiger partial charge in [-0.05, 0) is 13.8 Å². The summed E-state index contributed by atoms with van der Waals surface area (Å²) >= 11 is 1.25. The molecule has 9 nitrogen and oxygen atoms in total. The Bertz CT molecular complexity index is 1060. The van der Waals surface area contributed by atoms with Crippen LogP contribution >= 0.6 is 11.3 Å². The van der Waals surface area contributed by atoms with Gasteiger partial charge in [0.25, 0.3) is 11.8 Å². The molecule has 4 N–H and O–H groups in total. The number of hydrogen-bond acceptors (Lipinski definition) is 8. The van der Waals surface area contributed by atoms with Crippen molar-refractivity contribution in [1.82, 2.24) is 15.0 Å². The van der Waals surface area contributed by atoms with E-state index in [0.717, 1.165) is 15.8 Å². The van der Waals surface area contributed by atoms with Crippen LogP contribution in [0.1, 0.15) is 31.5 Å². The molecule has 146 valence electrons. The highest BCUT2D eigenvalue weighted by Gasteiger charge is 2.28. The van der Waals surface area contributed by atoms with Crippen molar-refractivity contribution >= 4 is 44.6 Å². The van der Waals surface area contributed by atoms with E-state index in [0.29, 0.717) is 53.8 Å². The highest BCUT2D eigenvalue weighted by atomic mass is 32.1. The molecule has 0 spiro atoms. The van der Waals surface area contributed by atoms with Crippen molar-refractivity contribution in [3.8, 4) is 0 Å². The number of nitrogens with two attached hydrogens (primary N) is 2. The molecule has 10 heteroatoms. The second-order valence-corrected chi connectivity index (χ2v) is 7.77. The van der Waals surface area contributed by atoms with E-state index in [9.17, 15) is 9.59 Å². The monoisotopic (exact) mass is 400 g/mol. The third kappa shape index (κ3) is 2.85. The van der Waals surface area contributed by atoms with E-state index in [4.69, 9.17) is 16.0 Å². The summed E-state index contributed by atoms with van der Waals surface area (Å²) in [7, 11) is 0. The topological polar surface area (TPSA) is 132 Å². The molecule has 0 aliphatic carbocycles. The van der Waals surface area contributed by atoms with Crippen LogP contribution in [-0.4, -0.2) is 53.0 Å². The number of carbonyl (C=O) groups is 2. The number of aryl methyl sites for hydroxylation is 2. The number of anilines is 2. The van der Waals surface area contributed by atoms with Gasteiger partial charge in [0.15, 0.2) is 0 Å². The SMILES string of the molecule is Cc1noc(C)c1C(=O)N1CCN(c2cncc3sc(C(N)=O)c(N)c23)CC1. The van der Waals surface area contributed by atoms with Crippen LogP contribution < -0.4 is 16.4 Å². The van der Waals surface area contributed by atoms with E-state index in [1.165, 1.54) is 11.3 Å². The summed E-state index contributed by atoms with van der Waals surface area (Å²) in [5.41, 5.74) is 14.0. The van der Waals surface area contributed by atoms with E-state index in [2.05, 4.69) is 15.0 Å². The number of primary amides is 1. The molecule has 4 rings (SSSR count). The minimum atomic E-state index is -0.542. The van der Waals surface area contributed by atoms with E-state index in [1.54, 1.807) is 31.1 Å². The van der Waals surface area contributed by atoms with Gasteiger partial charge in [-0.1, -0.05) is 5.16 Å². The van der Waals surface area contributed by atoms with Crippen molar-refractivity contribution in [3.63, 3.8) is 0 Å². The largest absolute Gasteiger partial charge is 0.397 e. The van der Waals surface area contributed by atoms with Crippen LogP contribution in [0.3, 0.4) is 0 Å². The Balaban J connectivity index is 1.58. The predicted octanol–water partition coefficient (Wildman–Crippen LogP) is 1.54. The highest BCUT2D eigenvalue weighted by Crippen LogP contribution is 2.39. The molecule has 0 saturated carbocycles. The molecule has 0 radical (unpaired) electrons. The average Bonchev–Trinajstić information content (AvgIpc) is 3.21. The maximum Gasteiger partial charge on any atom is 0.260 e. The summed E-state index contributed by atoms with van der Waals surface area (Å²) in [5, 5.41) is 4.65. The van der Waals surface area contributed by atoms with Crippen LogP contribution in [0.15, 0.2) is 16.9 Å². The number of carbonyl (C=O) groups excluding carboxylic acids is 2. The zero-order valence-electron chi connectivity index (χ0n) is 15.6. The molecular formula is C18H20N6O3S. The van der Waals surface area contributed by atoms with Gasteiger partial charge in [0.2, 0.25) is 0 Å². The number of piperazine rings is 1. The molecule has 0 atom stereocenters. The lowest BCUT2D eigenvalue weighted by molar-refractivity contribution is 0.0744. The first kappa shape index (κ1) is 18.2. The third-order valence-electron chi connectivity index (χ3n) is 5.00. The van der Waals surface area contributed by atoms with E-state index < -0.39 is 5.91 Å². The van der Waals surface area contributed by atoms with E-state index >= 15 is 0 Å². The van der Waals surface area contributed by atoms with Crippen LogP contribution in [-0.2, 0) is 0 Å². The Morgan fingerprint density at radius 3 is 2.50 bits per heavy atom. The zero-order valence-corrected chi connectivity index (χ0v) is 16.4. The summed E-state index contributed by atoms with van der Waals surface area (Å²) in [4.78, 5) is 33.0. The number of thiophene rings is 1. The van der Waals surface area contributed by atoms with E-state index in [-0.39, 0.29) is 5.91 Å². The molecule has 1 aliphatic rings. The first-order valence-electron chi connectivity index (χ1n) is 8.81. The van der Waals surface area contributed by atoms with Crippen molar-refractivity contribution in [1.29, 1.82) is 0 Å². The molecule has 3 aromatic heterocycles. The first-order valence-corrected chi connectivity index (χ1v) is 9.63. The van der Waals surface area contributed by atoms with Crippen molar-refractivity contribution in [2.75, 3.05) is 36.8 Å². The Kier molecular flexibility index (Phi) is 4.42. The molecule has 1 aliphatic heterocycles. The minimum absolute atomic E-state index is 0.0710. The predicted molar refractivity (Wildman–Crippen MR) is 107 cm³/mol. The van der Waals surface area contributed by atoms with Gasteiger partial charge in [-0.2, -0.15) is 0 Å². The summed E-state index contributed by atoms with van der Waals surface area (Å²) in [6.45, 7) is 5.85. The highest BCUT2D eigenvalue weighted by molar-refractivity contribution is 7.21. The first-order chi connectivity index (χ1) is 13.4. The molecule has 28 heavy (non-hydrogen) atoms. The fraction of sp³-hybridized carbons (Fsp3) is 0.333. The summed E-state index contributed by atoms with van der Waals surface area (Å²) < 4.78 is 5.93. The number of aromatic nitrogens is 2. The molecule has 0 unspecified atom stereocenters. The van der Waals surface area contributed by atoms with Crippen LogP contribution in [0.25, 0.3) is 10.1 Å². The average molecular weight is 400 g/mol. The molecule has 0 aromatic carbocycles. The Morgan fingerprint density at radius 2 is 1.89 bits per heavy atom. The maximum absolute atomic E-state index is 12.8. The Hall–Kier alpha value is -3.14. The number of fused-ring (bicyclic) bond motifs is 1. The normalized spacial score (nSPS) is 14.6. The molecule has 3 aromatic rings. The second-order valence-electron chi connectivity index (χ2n) is 6.72. The Labute approximate surface area is 164 Å². The number of rotatable bonds is 3. The fourth-order valence-electron chi connectivity index (χ4n) is 3.58. The van der Waals surface area contributed by atoms with Gasteiger partial charge in [0.05, 0.1) is 28.0 Å². The molecule has 0 bridgehead atoms. The number of pyridine rings is 1. The Morgan fingerprint density at radius 1 is 1.18 bits per heavy atom. The molecule has 4 heterocycles. The molecule has 1 saturated heterocycles. The summed E-state index contributed by atoms with van der Waals surface area (Å²) in [6.07, 6.45) is 3.42. The zero-order chi connectivity index (χ0) is 20.0. The number of nitrogens with zero attached hydrogens (tertiary/aromatic N) is 4. The van der Waals surface area contributed by atoms with Crippen LogP contribution in [0.4, 0.5) is 11.4 Å². The molecule has 1 fully saturated rings. The van der Waals surface area contributed by atoms with Crippen LogP contribution in [0.5, 0.6) is 0 Å². The van der Waals surface area contributed by atoms with Crippen LogP contribution in [0, 0.1) is 13.8 Å². The summed E-state index contributed by atoms with van der Waals surface area (Å²) in [5.74, 6) is -0.0817. The second kappa shape index (κ2) is 6.79. The van der Waals surface area contributed by atoms with Gasteiger partial charge in [-0.15, -0.1) is 11.3 Å². The lowest BCUT2D eigenvalue weighted by Gasteiger charge is -2.36.